The number of hydrogen-bond acceptors (Lipinski definition) is 2. The van der Waals surface area contributed by atoms with Crippen molar-refractivity contribution in [2.45, 2.75) is 29.6 Å². The molecule has 0 amide bonds. The minimum absolute atomic E-state index is 0.130. The summed E-state index contributed by atoms with van der Waals surface area (Å²) in [5.74, 6) is -0.142. The van der Waals surface area contributed by atoms with E-state index >= 15 is 0 Å². The van der Waals surface area contributed by atoms with E-state index in [1.165, 1.54) is 25.3 Å². The van der Waals surface area contributed by atoms with Crippen LogP contribution in [0.15, 0.2) is 24.3 Å². The van der Waals surface area contributed by atoms with Crippen LogP contribution in [0.1, 0.15) is 12.0 Å². The van der Waals surface area contributed by atoms with E-state index in [-0.39, 0.29) is 22.8 Å². The fraction of sp³-hybridized carbons (Fsp3) is 0.500. The van der Waals surface area contributed by atoms with Crippen LogP contribution >= 0.6 is 15.9 Å². The van der Waals surface area contributed by atoms with Crippen LogP contribution in [0.4, 0.5) is 13.2 Å². The first kappa shape index (κ1) is 13.7. The molecular formula is C12H12BrF3O2. The summed E-state index contributed by atoms with van der Waals surface area (Å²) in [6.45, 7) is 0. The fourth-order valence-electron chi connectivity index (χ4n) is 1.91. The summed E-state index contributed by atoms with van der Waals surface area (Å²) in [7, 11) is 1.52. The molecule has 1 saturated carbocycles. The van der Waals surface area contributed by atoms with Gasteiger partial charge >= 0.3 is 6.18 Å². The molecule has 0 bridgehead atoms. The number of rotatable bonds is 3. The van der Waals surface area contributed by atoms with Gasteiger partial charge in [-0.25, -0.2) is 0 Å². The molecule has 0 saturated heterocycles. The number of hydrogen-bond donors (Lipinski definition) is 0. The van der Waals surface area contributed by atoms with E-state index < -0.39 is 11.7 Å². The second-order valence-corrected chi connectivity index (χ2v) is 5.28. The fourth-order valence-corrected chi connectivity index (χ4v) is 2.83. The van der Waals surface area contributed by atoms with E-state index in [0.717, 1.165) is 6.07 Å². The number of alkyl halides is 4. The maximum Gasteiger partial charge on any atom is 0.419 e. The van der Waals surface area contributed by atoms with Gasteiger partial charge in [0.05, 0.1) is 5.56 Å². The zero-order chi connectivity index (χ0) is 13.3. The van der Waals surface area contributed by atoms with Gasteiger partial charge in [-0.15, -0.1) is 0 Å². The molecule has 0 N–H and O–H groups in total. The average molecular weight is 325 g/mol. The van der Waals surface area contributed by atoms with Crippen LogP contribution in [0, 0.1) is 0 Å². The van der Waals surface area contributed by atoms with Crippen LogP contribution in [-0.2, 0) is 10.9 Å². The summed E-state index contributed by atoms with van der Waals surface area (Å²) in [6, 6.07) is 5.22. The van der Waals surface area contributed by atoms with Crippen molar-refractivity contribution in [3.8, 4) is 5.75 Å². The van der Waals surface area contributed by atoms with Crippen LogP contribution in [0.2, 0.25) is 0 Å². The second kappa shape index (κ2) is 5.09. The van der Waals surface area contributed by atoms with E-state index in [2.05, 4.69) is 15.9 Å². The third-order valence-electron chi connectivity index (χ3n) is 2.92. The van der Waals surface area contributed by atoms with Crippen molar-refractivity contribution in [3.05, 3.63) is 29.8 Å². The van der Waals surface area contributed by atoms with Crippen LogP contribution < -0.4 is 4.74 Å². The molecule has 0 spiro atoms. The molecule has 1 aliphatic rings. The lowest BCUT2D eigenvalue weighted by molar-refractivity contribution is -0.140. The summed E-state index contributed by atoms with van der Waals surface area (Å²) in [5, 5.41) is 0. The maximum atomic E-state index is 12.8. The van der Waals surface area contributed by atoms with Crippen molar-refractivity contribution >= 4 is 15.9 Å². The van der Waals surface area contributed by atoms with E-state index in [4.69, 9.17) is 9.47 Å². The van der Waals surface area contributed by atoms with Gasteiger partial charge in [0.15, 0.2) is 0 Å². The number of benzene rings is 1. The van der Waals surface area contributed by atoms with Crippen molar-refractivity contribution in [2.24, 2.45) is 0 Å². The lowest BCUT2D eigenvalue weighted by atomic mass is 9.91. The van der Waals surface area contributed by atoms with Gasteiger partial charge in [-0.1, -0.05) is 28.1 Å². The molecule has 0 heterocycles. The molecule has 1 aromatic rings. The normalized spacial score (nSPS) is 27.7. The SMILES string of the molecule is COC1C(Br)CC1Oc1ccccc1C(F)(F)F. The first-order valence-corrected chi connectivity index (χ1v) is 6.35. The van der Waals surface area contributed by atoms with Gasteiger partial charge in [0.25, 0.3) is 0 Å². The zero-order valence-corrected chi connectivity index (χ0v) is 11.2. The molecule has 6 heteroatoms. The van der Waals surface area contributed by atoms with Crippen molar-refractivity contribution in [1.82, 2.24) is 0 Å². The topological polar surface area (TPSA) is 18.5 Å². The summed E-state index contributed by atoms with van der Waals surface area (Å²) in [4.78, 5) is 0.130. The minimum atomic E-state index is -4.41. The minimum Gasteiger partial charge on any atom is -0.487 e. The highest BCUT2D eigenvalue weighted by atomic mass is 79.9. The number of para-hydroxylation sites is 1. The monoisotopic (exact) mass is 324 g/mol. The number of methoxy groups -OCH3 is 1. The Morgan fingerprint density at radius 2 is 1.94 bits per heavy atom. The van der Waals surface area contributed by atoms with Gasteiger partial charge < -0.3 is 9.47 Å². The van der Waals surface area contributed by atoms with Crippen molar-refractivity contribution in [3.63, 3.8) is 0 Å². The first-order valence-electron chi connectivity index (χ1n) is 5.43. The standard InChI is InChI=1S/C12H12BrF3O2/c1-17-11-8(13)6-10(11)18-9-5-3-2-4-7(9)12(14,15)16/h2-5,8,10-11H,6H2,1H3. The molecule has 1 aromatic carbocycles. The molecule has 3 unspecified atom stereocenters. The molecular weight excluding hydrogens is 313 g/mol. The molecule has 0 aliphatic heterocycles. The van der Waals surface area contributed by atoms with Gasteiger partial charge in [-0.05, 0) is 12.1 Å². The maximum absolute atomic E-state index is 12.8. The highest BCUT2D eigenvalue weighted by Gasteiger charge is 2.43. The van der Waals surface area contributed by atoms with E-state index in [1.54, 1.807) is 0 Å². The third-order valence-corrected chi connectivity index (χ3v) is 3.82. The summed E-state index contributed by atoms with van der Waals surface area (Å²) in [5.41, 5.74) is -0.752. The molecule has 3 atom stereocenters. The van der Waals surface area contributed by atoms with E-state index in [0.29, 0.717) is 6.42 Å². The van der Waals surface area contributed by atoms with Gasteiger partial charge in [0, 0.05) is 18.4 Å². The predicted molar refractivity (Wildman–Crippen MR) is 64.0 cm³/mol. The van der Waals surface area contributed by atoms with Crippen molar-refractivity contribution in [2.75, 3.05) is 7.11 Å². The molecule has 18 heavy (non-hydrogen) atoms. The smallest absolute Gasteiger partial charge is 0.419 e. The Balaban J connectivity index is 2.15. The van der Waals surface area contributed by atoms with E-state index in [9.17, 15) is 13.2 Å². The Morgan fingerprint density at radius 1 is 1.28 bits per heavy atom. The summed E-state index contributed by atoms with van der Waals surface area (Å²) in [6.07, 6.45) is -4.34. The number of ether oxygens (including phenoxy) is 2. The van der Waals surface area contributed by atoms with E-state index in [1.807, 2.05) is 0 Å². The highest BCUT2D eigenvalue weighted by molar-refractivity contribution is 9.09. The molecule has 100 valence electrons. The van der Waals surface area contributed by atoms with Gasteiger partial charge in [0.1, 0.15) is 18.0 Å². The van der Waals surface area contributed by atoms with Crippen LogP contribution in [0.3, 0.4) is 0 Å². The Hall–Kier alpha value is -0.750. The van der Waals surface area contributed by atoms with Gasteiger partial charge in [0.2, 0.25) is 0 Å². The Bertz CT molecular complexity index is 422. The molecule has 0 aromatic heterocycles. The van der Waals surface area contributed by atoms with Crippen LogP contribution in [0.5, 0.6) is 5.75 Å². The molecule has 1 fully saturated rings. The van der Waals surface area contributed by atoms with Crippen LogP contribution in [-0.4, -0.2) is 24.1 Å². The van der Waals surface area contributed by atoms with Crippen molar-refractivity contribution in [1.29, 1.82) is 0 Å². The quantitative estimate of drug-likeness (QED) is 0.790. The van der Waals surface area contributed by atoms with Crippen LogP contribution in [0.25, 0.3) is 0 Å². The Labute approximate surface area is 111 Å². The first-order chi connectivity index (χ1) is 8.43. The van der Waals surface area contributed by atoms with Gasteiger partial charge in [-0.2, -0.15) is 13.2 Å². The average Bonchev–Trinajstić information content (AvgIpc) is 2.28. The highest BCUT2D eigenvalue weighted by Crippen LogP contribution is 2.39. The molecule has 0 radical (unpaired) electrons. The number of halogens is 4. The molecule has 1 aliphatic carbocycles. The zero-order valence-electron chi connectivity index (χ0n) is 9.58. The van der Waals surface area contributed by atoms with Crippen molar-refractivity contribution < 1.29 is 22.6 Å². The third kappa shape index (κ3) is 2.64. The molecule has 2 rings (SSSR count). The lowest BCUT2D eigenvalue weighted by Gasteiger charge is -2.40. The second-order valence-electron chi connectivity index (χ2n) is 4.10. The molecule has 2 nitrogen and oxygen atoms in total. The Morgan fingerprint density at radius 3 is 2.50 bits per heavy atom. The van der Waals surface area contributed by atoms with Gasteiger partial charge in [-0.3, -0.25) is 0 Å². The summed E-state index contributed by atoms with van der Waals surface area (Å²) >= 11 is 3.37. The largest absolute Gasteiger partial charge is 0.487 e. The Kier molecular flexibility index (Phi) is 3.87. The predicted octanol–water partition coefficient (Wildman–Crippen LogP) is 3.64. The lowest BCUT2D eigenvalue weighted by Crippen LogP contribution is -2.52. The summed E-state index contributed by atoms with van der Waals surface area (Å²) < 4.78 is 48.8.